The number of nitrogens with two attached hydrogens (primary N) is 1. The molecule has 12 heteroatoms. The number of thiophene rings is 1. The van der Waals surface area contributed by atoms with Gasteiger partial charge in [-0.05, 0) is 71.8 Å². The molecule has 4 aromatic rings. The number of anilines is 1. The number of hydrogen-bond donors (Lipinski definition) is 4. The summed E-state index contributed by atoms with van der Waals surface area (Å²) in [5, 5.41) is 10.5. The van der Waals surface area contributed by atoms with Gasteiger partial charge in [0.25, 0.3) is 17.7 Å². The fraction of sp³-hybridized carbons (Fsp3) is 0.286. The van der Waals surface area contributed by atoms with Crippen LogP contribution in [0, 0.1) is 0 Å². The van der Waals surface area contributed by atoms with Gasteiger partial charge in [-0.3, -0.25) is 14.4 Å². The minimum Gasteiger partial charge on any atom is -0.493 e. The highest BCUT2D eigenvalue weighted by molar-refractivity contribution is 7.13. The molecule has 0 radical (unpaired) electrons. The van der Waals surface area contributed by atoms with Crippen LogP contribution < -0.4 is 26.4 Å². The molecule has 0 bridgehead atoms. The van der Waals surface area contributed by atoms with Gasteiger partial charge in [0.05, 0.1) is 25.0 Å². The van der Waals surface area contributed by atoms with Crippen molar-refractivity contribution in [2.45, 2.75) is 39.7 Å². The second-order valence-corrected chi connectivity index (χ2v) is 11.8. The Labute approximate surface area is 276 Å². The van der Waals surface area contributed by atoms with Gasteiger partial charge in [0, 0.05) is 53.2 Å². The first kappa shape index (κ1) is 33.3. The average Bonchev–Trinajstić information content (AvgIpc) is 3.50. The Kier molecular flexibility index (Phi) is 10.6. The van der Waals surface area contributed by atoms with Gasteiger partial charge in [-0.2, -0.15) is 0 Å². The molecular formula is C35H37N5O6S. The molecule has 0 aliphatic carbocycles. The number of pyridine rings is 1. The molecule has 1 aliphatic heterocycles. The normalized spacial score (nSPS) is 11.7. The maximum absolute atomic E-state index is 14.3. The number of hydrogen-bond acceptors (Lipinski definition) is 9. The van der Waals surface area contributed by atoms with E-state index in [1.807, 2.05) is 25.3 Å². The van der Waals surface area contributed by atoms with E-state index in [-0.39, 0.29) is 40.5 Å². The molecule has 5 N–H and O–H groups in total. The van der Waals surface area contributed by atoms with Gasteiger partial charge < -0.3 is 31.2 Å². The van der Waals surface area contributed by atoms with Crippen LogP contribution in [0.5, 0.6) is 5.75 Å². The van der Waals surface area contributed by atoms with Crippen LogP contribution >= 0.6 is 11.3 Å². The first-order valence-electron chi connectivity index (χ1n) is 15.5. The third-order valence-corrected chi connectivity index (χ3v) is 8.66. The lowest BCUT2D eigenvalue weighted by molar-refractivity contribution is 0.0594. The number of carbonyl (C=O) groups excluding carboxylic acids is 4. The van der Waals surface area contributed by atoms with Crippen LogP contribution in [0.2, 0.25) is 0 Å². The Hall–Kier alpha value is -5.07. The fourth-order valence-electron chi connectivity index (χ4n) is 5.25. The minimum absolute atomic E-state index is 0.0329. The molecule has 5 rings (SSSR count). The van der Waals surface area contributed by atoms with Crippen LogP contribution in [0.3, 0.4) is 0 Å². The van der Waals surface area contributed by atoms with Crippen molar-refractivity contribution < 1.29 is 28.7 Å². The van der Waals surface area contributed by atoms with Gasteiger partial charge in [-0.15, -0.1) is 11.3 Å². The minimum atomic E-state index is -0.778. The lowest BCUT2D eigenvalue weighted by Crippen LogP contribution is -2.26. The van der Waals surface area contributed by atoms with E-state index < -0.39 is 17.8 Å². The number of fused-ring (bicyclic) bond motifs is 3. The largest absolute Gasteiger partial charge is 0.493 e. The van der Waals surface area contributed by atoms with Crippen LogP contribution in [0.4, 0.5) is 5.69 Å². The second kappa shape index (κ2) is 15.0. The van der Waals surface area contributed by atoms with Crippen molar-refractivity contribution >= 4 is 40.7 Å². The number of nitrogens with one attached hydrogen (secondary N) is 3. The lowest BCUT2D eigenvalue weighted by atomic mass is 9.93. The molecule has 3 heterocycles. The Balaban J connectivity index is 1.67. The number of esters is 1. The first-order chi connectivity index (χ1) is 22.8. The SMILES string of the molecule is CCCNC(=O)c1ccc(-c2cc3c(cc2C(=O)Nc2ccc(CN)cc2C(=O)NCCC)-c2sccc2CCO3)c(C(=O)OC)n1. The highest BCUT2D eigenvalue weighted by Gasteiger charge is 2.27. The fourth-order valence-corrected chi connectivity index (χ4v) is 6.23. The molecule has 2 aromatic heterocycles. The van der Waals surface area contributed by atoms with E-state index >= 15 is 0 Å². The maximum atomic E-state index is 14.3. The number of aromatic nitrogens is 1. The van der Waals surface area contributed by atoms with Crippen LogP contribution in [0.25, 0.3) is 21.6 Å². The average molecular weight is 656 g/mol. The molecule has 47 heavy (non-hydrogen) atoms. The van der Waals surface area contributed by atoms with Crippen LogP contribution in [-0.2, 0) is 17.7 Å². The zero-order valence-corrected chi connectivity index (χ0v) is 27.3. The van der Waals surface area contributed by atoms with Crippen molar-refractivity contribution in [3.8, 4) is 27.3 Å². The Morgan fingerprint density at radius 3 is 2.38 bits per heavy atom. The molecule has 11 nitrogen and oxygen atoms in total. The first-order valence-corrected chi connectivity index (χ1v) is 16.4. The van der Waals surface area contributed by atoms with Gasteiger partial charge in [0.2, 0.25) is 0 Å². The van der Waals surface area contributed by atoms with E-state index in [9.17, 15) is 19.2 Å². The molecule has 0 unspecified atom stereocenters. The number of methoxy groups -OCH3 is 1. The van der Waals surface area contributed by atoms with Crippen molar-refractivity contribution in [3.05, 3.63) is 87.6 Å². The quantitative estimate of drug-likeness (QED) is 0.161. The highest BCUT2D eigenvalue weighted by Crippen LogP contribution is 2.43. The number of carbonyl (C=O) groups is 4. The van der Waals surface area contributed by atoms with Crippen molar-refractivity contribution in [2.24, 2.45) is 5.73 Å². The Bertz CT molecular complexity index is 1840. The number of ether oxygens (including phenoxy) is 2. The van der Waals surface area contributed by atoms with Gasteiger partial charge in [-0.1, -0.05) is 19.9 Å². The molecular weight excluding hydrogens is 618 g/mol. The molecule has 0 atom stereocenters. The van der Waals surface area contributed by atoms with E-state index in [2.05, 4.69) is 20.9 Å². The molecule has 0 saturated heterocycles. The summed E-state index contributed by atoms with van der Waals surface area (Å²) < 4.78 is 11.2. The van der Waals surface area contributed by atoms with E-state index in [0.29, 0.717) is 43.1 Å². The summed E-state index contributed by atoms with van der Waals surface area (Å²) >= 11 is 1.54. The summed E-state index contributed by atoms with van der Waals surface area (Å²) in [7, 11) is 1.22. The van der Waals surface area contributed by atoms with Crippen molar-refractivity contribution in [2.75, 3.05) is 32.1 Å². The molecule has 244 valence electrons. The molecule has 2 aromatic carbocycles. The summed E-state index contributed by atoms with van der Waals surface area (Å²) in [5.41, 5.74) is 9.69. The molecule has 1 aliphatic rings. The van der Waals surface area contributed by atoms with E-state index in [1.54, 1.807) is 47.7 Å². The summed E-state index contributed by atoms with van der Waals surface area (Å²) in [5.74, 6) is -1.56. The summed E-state index contributed by atoms with van der Waals surface area (Å²) in [6.45, 7) is 5.42. The number of nitrogens with zero attached hydrogens (tertiary/aromatic N) is 1. The Morgan fingerprint density at radius 1 is 0.894 bits per heavy atom. The Morgan fingerprint density at radius 2 is 1.66 bits per heavy atom. The van der Waals surface area contributed by atoms with Gasteiger partial charge in [0.15, 0.2) is 5.69 Å². The summed E-state index contributed by atoms with van der Waals surface area (Å²) in [4.78, 5) is 58.7. The van der Waals surface area contributed by atoms with Crippen LogP contribution in [0.15, 0.2) is 53.9 Å². The smallest absolute Gasteiger partial charge is 0.357 e. The standard InChI is InChI=1S/C35H37N5O6S/c1-4-12-37-32(41)25-16-20(19-36)6-8-27(25)40-33(42)24-17-26-29(46-14-10-21-11-15-47-31(21)26)18-23(24)22-7-9-28(34(43)38-13-5-2)39-30(22)35(44)45-3/h6-9,11,15-18H,4-5,10,12-14,19,36H2,1-3H3,(H,37,41)(H,38,43)(H,40,42). The topological polar surface area (TPSA) is 162 Å². The van der Waals surface area contributed by atoms with Crippen LogP contribution in [-0.4, -0.2) is 55.5 Å². The number of benzene rings is 2. The van der Waals surface area contributed by atoms with Crippen LogP contribution in [0.1, 0.15) is 79.5 Å². The monoisotopic (exact) mass is 655 g/mol. The van der Waals surface area contributed by atoms with E-state index in [0.717, 1.165) is 34.4 Å². The zero-order chi connectivity index (χ0) is 33.5. The third-order valence-electron chi connectivity index (χ3n) is 7.67. The van der Waals surface area contributed by atoms with Gasteiger partial charge in [-0.25, -0.2) is 9.78 Å². The second-order valence-electron chi connectivity index (χ2n) is 10.9. The predicted molar refractivity (Wildman–Crippen MR) is 181 cm³/mol. The molecule has 3 amide bonds. The van der Waals surface area contributed by atoms with E-state index in [4.69, 9.17) is 15.2 Å². The highest BCUT2D eigenvalue weighted by atomic mass is 32.1. The van der Waals surface area contributed by atoms with Crippen molar-refractivity contribution in [1.29, 1.82) is 0 Å². The maximum Gasteiger partial charge on any atom is 0.357 e. The number of rotatable bonds is 11. The predicted octanol–water partition coefficient (Wildman–Crippen LogP) is 5.19. The zero-order valence-electron chi connectivity index (χ0n) is 26.5. The summed E-state index contributed by atoms with van der Waals surface area (Å²) in [6, 6.07) is 13.6. The summed E-state index contributed by atoms with van der Waals surface area (Å²) in [6.07, 6.45) is 2.15. The number of amides is 3. The molecule has 0 spiro atoms. The van der Waals surface area contributed by atoms with E-state index in [1.165, 1.54) is 13.2 Å². The third kappa shape index (κ3) is 7.18. The van der Waals surface area contributed by atoms with Crippen molar-refractivity contribution in [1.82, 2.24) is 15.6 Å². The van der Waals surface area contributed by atoms with Gasteiger partial charge in [0.1, 0.15) is 11.4 Å². The molecule has 0 fully saturated rings. The molecule has 0 saturated carbocycles. The van der Waals surface area contributed by atoms with Gasteiger partial charge >= 0.3 is 5.97 Å². The lowest BCUT2D eigenvalue weighted by Gasteiger charge is -2.18. The van der Waals surface area contributed by atoms with Crippen molar-refractivity contribution in [3.63, 3.8) is 0 Å².